The molecule has 0 bridgehead atoms. The van der Waals surface area contributed by atoms with Gasteiger partial charge >= 0.3 is 0 Å². The number of aromatic nitrogens is 3. The number of thiazole rings is 1. The van der Waals surface area contributed by atoms with Crippen molar-refractivity contribution in [2.75, 3.05) is 12.4 Å². The van der Waals surface area contributed by atoms with Crippen molar-refractivity contribution in [3.05, 3.63) is 40.3 Å². The first-order valence-electron chi connectivity index (χ1n) is 6.52. The van der Waals surface area contributed by atoms with E-state index in [1.54, 1.807) is 30.2 Å². The van der Waals surface area contributed by atoms with Crippen LogP contribution in [0, 0.1) is 6.92 Å². The van der Waals surface area contributed by atoms with Crippen LogP contribution in [0.1, 0.15) is 9.88 Å². The van der Waals surface area contributed by atoms with Gasteiger partial charge in [0.15, 0.2) is 4.34 Å². The molecule has 3 rings (SSSR count). The highest BCUT2D eigenvalue weighted by Gasteiger charge is 2.09. The summed E-state index contributed by atoms with van der Waals surface area (Å²) in [5.74, 6) is 1.65. The highest BCUT2D eigenvalue weighted by atomic mass is 32.2. The Morgan fingerprint density at radius 1 is 1.23 bits per heavy atom. The molecule has 2 heterocycles. The molecule has 0 saturated carbocycles. The van der Waals surface area contributed by atoms with Crippen LogP contribution in [0.4, 0.5) is 10.8 Å². The third kappa shape index (κ3) is 3.76. The van der Waals surface area contributed by atoms with Crippen LogP contribution in [-0.2, 0) is 5.75 Å². The van der Waals surface area contributed by atoms with E-state index in [1.807, 2.05) is 37.4 Å². The number of aryl methyl sites for hydroxylation is 1. The molecule has 1 aromatic carbocycles. The zero-order chi connectivity index (χ0) is 15.4. The lowest BCUT2D eigenvalue weighted by atomic mass is 10.3. The Morgan fingerprint density at radius 2 is 2.09 bits per heavy atom. The fourth-order valence-corrected chi connectivity index (χ4v) is 4.37. The van der Waals surface area contributed by atoms with Gasteiger partial charge < -0.3 is 10.1 Å². The van der Waals surface area contributed by atoms with Crippen molar-refractivity contribution in [1.29, 1.82) is 0 Å². The van der Waals surface area contributed by atoms with Gasteiger partial charge in [0.1, 0.15) is 5.75 Å². The summed E-state index contributed by atoms with van der Waals surface area (Å²) in [7, 11) is 1.65. The average molecular weight is 350 g/mol. The number of hydrogen-bond donors (Lipinski definition) is 1. The van der Waals surface area contributed by atoms with Gasteiger partial charge in [0.05, 0.1) is 17.8 Å². The maximum Gasteiger partial charge on any atom is 0.210 e. The molecule has 0 aliphatic heterocycles. The molecule has 114 valence electrons. The smallest absolute Gasteiger partial charge is 0.210 e. The zero-order valence-electron chi connectivity index (χ0n) is 12.1. The van der Waals surface area contributed by atoms with E-state index in [2.05, 4.69) is 20.5 Å². The van der Waals surface area contributed by atoms with E-state index in [4.69, 9.17) is 4.74 Å². The molecule has 0 atom stereocenters. The van der Waals surface area contributed by atoms with Crippen molar-refractivity contribution in [2.24, 2.45) is 0 Å². The Labute approximate surface area is 140 Å². The van der Waals surface area contributed by atoms with E-state index in [0.29, 0.717) is 0 Å². The number of ether oxygens (including phenoxy) is 1. The van der Waals surface area contributed by atoms with E-state index >= 15 is 0 Å². The van der Waals surface area contributed by atoms with Crippen molar-refractivity contribution >= 4 is 45.3 Å². The molecule has 0 unspecified atom stereocenters. The first-order valence-corrected chi connectivity index (χ1v) is 9.14. The Hall–Kier alpha value is -1.64. The molecule has 0 aliphatic carbocycles. The van der Waals surface area contributed by atoms with Crippen molar-refractivity contribution in [3.8, 4) is 5.75 Å². The van der Waals surface area contributed by atoms with Crippen molar-refractivity contribution < 1.29 is 4.74 Å². The predicted octanol–water partition coefficient (Wildman–Crippen LogP) is 4.35. The molecule has 3 aromatic rings. The summed E-state index contributed by atoms with van der Waals surface area (Å²) in [5.41, 5.74) is 0.885. The molecule has 5 nitrogen and oxygen atoms in total. The largest absolute Gasteiger partial charge is 0.495 e. The minimum absolute atomic E-state index is 0.757. The van der Waals surface area contributed by atoms with E-state index in [0.717, 1.165) is 31.7 Å². The monoisotopic (exact) mass is 350 g/mol. The summed E-state index contributed by atoms with van der Waals surface area (Å²) in [6.45, 7) is 2.01. The quantitative estimate of drug-likeness (QED) is 0.667. The van der Waals surface area contributed by atoms with Crippen molar-refractivity contribution in [3.63, 3.8) is 0 Å². The number of thioether (sulfide) groups is 1. The van der Waals surface area contributed by atoms with Gasteiger partial charge in [0.2, 0.25) is 5.13 Å². The second-order valence-electron chi connectivity index (χ2n) is 4.33. The first-order chi connectivity index (χ1) is 10.7. The van der Waals surface area contributed by atoms with Gasteiger partial charge in [-0.15, -0.1) is 21.5 Å². The SMILES string of the molecule is COc1ccccc1Nc1nnc(SCc2cnc(C)s2)s1. The Balaban J connectivity index is 1.63. The van der Waals surface area contributed by atoms with Crippen LogP contribution in [0.2, 0.25) is 0 Å². The Morgan fingerprint density at radius 3 is 2.86 bits per heavy atom. The van der Waals surface area contributed by atoms with Crippen molar-refractivity contribution in [2.45, 2.75) is 17.0 Å². The molecule has 0 aliphatic rings. The normalized spacial score (nSPS) is 10.6. The van der Waals surface area contributed by atoms with Crippen LogP contribution in [0.25, 0.3) is 0 Å². The number of hydrogen-bond acceptors (Lipinski definition) is 8. The lowest BCUT2D eigenvalue weighted by Gasteiger charge is -2.07. The first kappa shape index (κ1) is 15.3. The fourth-order valence-electron chi connectivity index (χ4n) is 1.79. The summed E-state index contributed by atoms with van der Waals surface area (Å²) in [5, 5.41) is 13.5. The van der Waals surface area contributed by atoms with Crippen LogP contribution < -0.4 is 10.1 Å². The second-order valence-corrected chi connectivity index (χ2v) is 7.85. The van der Waals surface area contributed by atoms with E-state index in [9.17, 15) is 0 Å². The van der Waals surface area contributed by atoms with Gasteiger partial charge in [-0.3, -0.25) is 0 Å². The summed E-state index contributed by atoms with van der Waals surface area (Å²) in [6, 6.07) is 7.74. The minimum atomic E-state index is 0.757. The average Bonchev–Trinajstić information content (AvgIpc) is 3.15. The molecule has 8 heteroatoms. The topological polar surface area (TPSA) is 59.9 Å². The standard InChI is InChI=1S/C14H14N4OS3/c1-9-15-7-10(21-9)8-20-14-18-17-13(22-14)16-11-5-3-4-6-12(11)19-2/h3-7H,8H2,1-2H3,(H,16,17). The van der Waals surface area contributed by atoms with Gasteiger partial charge in [-0.05, 0) is 19.1 Å². The molecular formula is C14H14N4OS3. The third-order valence-electron chi connectivity index (χ3n) is 2.76. The van der Waals surface area contributed by atoms with Gasteiger partial charge in [0.25, 0.3) is 0 Å². The molecule has 22 heavy (non-hydrogen) atoms. The van der Waals surface area contributed by atoms with Gasteiger partial charge in [-0.1, -0.05) is 35.2 Å². The van der Waals surface area contributed by atoms with Gasteiger partial charge in [-0.25, -0.2) is 4.98 Å². The molecule has 2 aromatic heterocycles. The van der Waals surface area contributed by atoms with Crippen LogP contribution in [0.15, 0.2) is 34.8 Å². The fraction of sp³-hybridized carbons (Fsp3) is 0.214. The summed E-state index contributed by atoms with van der Waals surface area (Å²) in [6.07, 6.45) is 1.92. The maximum atomic E-state index is 5.32. The molecule has 0 saturated heterocycles. The molecule has 0 amide bonds. The van der Waals surface area contributed by atoms with Crippen molar-refractivity contribution in [1.82, 2.24) is 15.2 Å². The summed E-state index contributed by atoms with van der Waals surface area (Å²) in [4.78, 5) is 5.50. The Bertz CT molecular complexity index is 756. The molecule has 1 N–H and O–H groups in total. The summed E-state index contributed by atoms with van der Waals surface area (Å²) < 4.78 is 6.25. The molecule has 0 radical (unpaired) electrons. The highest BCUT2D eigenvalue weighted by molar-refractivity contribution is 8.00. The highest BCUT2D eigenvalue weighted by Crippen LogP contribution is 2.33. The lowest BCUT2D eigenvalue weighted by Crippen LogP contribution is -1.93. The second kappa shape index (κ2) is 7.08. The number of anilines is 2. The number of rotatable bonds is 6. The third-order valence-corrected chi connectivity index (χ3v) is 5.88. The maximum absolute atomic E-state index is 5.32. The van der Waals surface area contributed by atoms with E-state index in [1.165, 1.54) is 16.2 Å². The number of methoxy groups -OCH3 is 1. The predicted molar refractivity (Wildman–Crippen MR) is 92.6 cm³/mol. The number of para-hydroxylation sites is 2. The Kier molecular flexibility index (Phi) is 4.91. The number of nitrogens with zero attached hydrogens (tertiary/aromatic N) is 3. The summed E-state index contributed by atoms with van der Waals surface area (Å²) >= 11 is 4.92. The lowest BCUT2D eigenvalue weighted by molar-refractivity contribution is 0.417. The zero-order valence-corrected chi connectivity index (χ0v) is 14.5. The minimum Gasteiger partial charge on any atom is -0.495 e. The molecule has 0 spiro atoms. The van der Waals surface area contributed by atoms with Crippen LogP contribution in [0.5, 0.6) is 5.75 Å². The van der Waals surface area contributed by atoms with Gasteiger partial charge in [0, 0.05) is 16.8 Å². The number of nitrogens with one attached hydrogen (secondary N) is 1. The van der Waals surface area contributed by atoms with Crippen LogP contribution in [0.3, 0.4) is 0 Å². The van der Waals surface area contributed by atoms with Crippen LogP contribution >= 0.6 is 34.4 Å². The molecular weight excluding hydrogens is 336 g/mol. The number of benzene rings is 1. The molecule has 0 fully saturated rings. The van der Waals surface area contributed by atoms with E-state index < -0.39 is 0 Å². The van der Waals surface area contributed by atoms with Crippen LogP contribution in [-0.4, -0.2) is 22.3 Å². The van der Waals surface area contributed by atoms with Gasteiger partial charge in [-0.2, -0.15) is 0 Å². The van der Waals surface area contributed by atoms with E-state index in [-0.39, 0.29) is 0 Å².